The van der Waals surface area contributed by atoms with E-state index in [1.807, 2.05) is 57.2 Å². The third-order valence-corrected chi connectivity index (χ3v) is 5.31. The van der Waals surface area contributed by atoms with Gasteiger partial charge in [0.15, 0.2) is 5.84 Å². The van der Waals surface area contributed by atoms with Crippen LogP contribution in [0.2, 0.25) is 0 Å². The highest BCUT2D eigenvalue weighted by Crippen LogP contribution is 2.31. The SMILES string of the molecule is C=Cc1oc2cccc(C(N=C(C)c3ccc(-c4ccccc4)cc3)=NC)c2c1C=C.CC. The highest BCUT2D eigenvalue weighted by atomic mass is 16.3. The van der Waals surface area contributed by atoms with E-state index in [0.29, 0.717) is 11.6 Å². The molecule has 3 nitrogen and oxygen atoms in total. The van der Waals surface area contributed by atoms with Gasteiger partial charge in [-0.1, -0.05) is 99.8 Å². The molecule has 0 spiro atoms. The maximum atomic E-state index is 5.93. The zero-order valence-electron chi connectivity index (χ0n) is 19.8. The number of rotatable bonds is 5. The second-order valence-electron chi connectivity index (χ2n) is 7.15. The molecule has 3 aromatic carbocycles. The van der Waals surface area contributed by atoms with Gasteiger partial charge < -0.3 is 4.42 Å². The van der Waals surface area contributed by atoms with Crippen molar-refractivity contribution in [2.45, 2.75) is 20.8 Å². The molecule has 33 heavy (non-hydrogen) atoms. The van der Waals surface area contributed by atoms with E-state index in [0.717, 1.165) is 33.4 Å². The zero-order valence-corrected chi connectivity index (χ0v) is 19.8. The Bertz CT molecular complexity index is 1310. The third-order valence-electron chi connectivity index (χ3n) is 5.31. The minimum Gasteiger partial charge on any atom is -0.456 e. The van der Waals surface area contributed by atoms with Crippen molar-refractivity contribution in [2.24, 2.45) is 9.98 Å². The summed E-state index contributed by atoms with van der Waals surface area (Å²) >= 11 is 0. The zero-order chi connectivity index (χ0) is 23.8. The summed E-state index contributed by atoms with van der Waals surface area (Å²) in [5.74, 6) is 1.35. The first-order chi connectivity index (χ1) is 16.2. The molecule has 1 heterocycles. The average molecular weight is 435 g/mol. The van der Waals surface area contributed by atoms with Gasteiger partial charge in [-0.3, -0.25) is 4.99 Å². The van der Waals surface area contributed by atoms with Crippen molar-refractivity contribution in [3.63, 3.8) is 0 Å². The maximum absolute atomic E-state index is 5.93. The molecule has 166 valence electrons. The molecule has 4 rings (SSSR count). The van der Waals surface area contributed by atoms with Gasteiger partial charge in [0.2, 0.25) is 0 Å². The molecule has 0 bridgehead atoms. The van der Waals surface area contributed by atoms with Crippen molar-refractivity contribution in [3.8, 4) is 11.1 Å². The number of hydrogen-bond acceptors (Lipinski definition) is 2. The topological polar surface area (TPSA) is 37.9 Å². The first-order valence-electron chi connectivity index (χ1n) is 11.1. The van der Waals surface area contributed by atoms with Gasteiger partial charge in [0, 0.05) is 29.3 Å². The second kappa shape index (κ2) is 11.1. The molecule has 0 N–H and O–H groups in total. The minimum absolute atomic E-state index is 0.648. The predicted octanol–water partition coefficient (Wildman–Crippen LogP) is 8.30. The number of fused-ring (bicyclic) bond motifs is 1. The van der Waals surface area contributed by atoms with Crippen molar-refractivity contribution in [1.82, 2.24) is 0 Å². The number of amidine groups is 1. The first-order valence-corrected chi connectivity index (χ1v) is 11.1. The molecule has 0 aliphatic heterocycles. The molecule has 0 unspecified atom stereocenters. The summed E-state index contributed by atoms with van der Waals surface area (Å²) in [6.45, 7) is 13.8. The van der Waals surface area contributed by atoms with E-state index in [2.05, 4.69) is 54.5 Å². The molecule has 1 aromatic heterocycles. The lowest BCUT2D eigenvalue weighted by atomic mass is 10.0. The van der Waals surface area contributed by atoms with Crippen LogP contribution in [0.1, 0.15) is 43.2 Å². The van der Waals surface area contributed by atoms with E-state index in [1.54, 1.807) is 19.2 Å². The van der Waals surface area contributed by atoms with E-state index in [4.69, 9.17) is 9.41 Å². The van der Waals surface area contributed by atoms with Gasteiger partial charge in [0.1, 0.15) is 11.3 Å². The highest BCUT2D eigenvalue weighted by Gasteiger charge is 2.16. The minimum atomic E-state index is 0.648. The van der Waals surface area contributed by atoms with Crippen LogP contribution in [0.15, 0.2) is 100 Å². The van der Waals surface area contributed by atoms with Gasteiger partial charge in [-0.15, -0.1) is 0 Å². The molecule has 0 aliphatic carbocycles. The summed E-state index contributed by atoms with van der Waals surface area (Å²) in [6.07, 6.45) is 3.49. The normalized spacial score (nSPS) is 11.6. The maximum Gasteiger partial charge on any atom is 0.155 e. The van der Waals surface area contributed by atoms with Gasteiger partial charge in [-0.25, -0.2) is 4.99 Å². The number of hydrogen-bond donors (Lipinski definition) is 0. The molecule has 0 saturated heterocycles. The lowest BCUT2D eigenvalue weighted by molar-refractivity contribution is 0.603. The number of benzene rings is 3. The molecule has 0 radical (unpaired) electrons. The first kappa shape index (κ1) is 23.7. The molecule has 0 amide bonds. The summed E-state index contributed by atoms with van der Waals surface area (Å²) < 4.78 is 5.93. The predicted molar refractivity (Wildman–Crippen MR) is 144 cm³/mol. The van der Waals surface area contributed by atoms with Crippen molar-refractivity contribution in [2.75, 3.05) is 7.05 Å². The molecule has 0 atom stereocenters. The monoisotopic (exact) mass is 434 g/mol. The number of nitrogens with zero attached hydrogens (tertiary/aromatic N) is 2. The van der Waals surface area contributed by atoms with Crippen molar-refractivity contribution < 1.29 is 4.42 Å². The summed E-state index contributed by atoms with van der Waals surface area (Å²) in [4.78, 5) is 9.34. The van der Waals surface area contributed by atoms with Crippen LogP contribution in [0.4, 0.5) is 0 Å². The molecule has 0 aliphatic rings. The largest absolute Gasteiger partial charge is 0.456 e. The summed E-state index contributed by atoms with van der Waals surface area (Å²) in [6, 6.07) is 24.7. The molecule has 0 fully saturated rings. The Balaban J connectivity index is 0.00000149. The van der Waals surface area contributed by atoms with Crippen molar-refractivity contribution in [3.05, 3.63) is 108 Å². The van der Waals surface area contributed by atoms with Crippen LogP contribution in [-0.4, -0.2) is 18.6 Å². The molecular formula is C30H30N2O. The Hall–Kier alpha value is -3.98. The van der Waals surface area contributed by atoms with Crippen LogP contribution in [0.3, 0.4) is 0 Å². The summed E-state index contributed by atoms with van der Waals surface area (Å²) in [5, 5.41) is 0.948. The summed E-state index contributed by atoms with van der Waals surface area (Å²) in [5.41, 5.74) is 6.90. The van der Waals surface area contributed by atoms with Crippen LogP contribution in [-0.2, 0) is 0 Å². The Morgan fingerprint density at radius 2 is 1.48 bits per heavy atom. The lowest BCUT2D eigenvalue weighted by Gasteiger charge is -2.07. The average Bonchev–Trinajstić information content (AvgIpc) is 3.27. The van der Waals surface area contributed by atoms with Crippen LogP contribution in [0.25, 0.3) is 34.2 Å². The van der Waals surface area contributed by atoms with E-state index in [9.17, 15) is 0 Å². The smallest absolute Gasteiger partial charge is 0.155 e. The lowest BCUT2D eigenvalue weighted by Crippen LogP contribution is -2.04. The standard InChI is InChI=1S/C28H24N2O.C2H6/c1-5-23-25(6-2)31-26-14-10-13-24(27(23)26)28(29-4)30-19(3)20-15-17-22(18-16-20)21-11-8-7-9-12-21;1-2/h5-18H,1-2H2,3-4H3;1-2H3. The molecule has 4 aromatic rings. The molecule has 3 heteroatoms. The molecule has 0 saturated carbocycles. The second-order valence-corrected chi connectivity index (χ2v) is 7.15. The fraction of sp³-hybridized carbons (Fsp3) is 0.133. The van der Waals surface area contributed by atoms with E-state index >= 15 is 0 Å². The summed E-state index contributed by atoms with van der Waals surface area (Å²) in [7, 11) is 1.76. The van der Waals surface area contributed by atoms with E-state index in [1.165, 1.54) is 11.1 Å². The fourth-order valence-electron chi connectivity index (χ4n) is 3.72. The van der Waals surface area contributed by atoms with Crippen LogP contribution < -0.4 is 0 Å². The Morgan fingerprint density at radius 1 is 0.818 bits per heavy atom. The van der Waals surface area contributed by atoms with Crippen molar-refractivity contribution in [1.29, 1.82) is 0 Å². The third kappa shape index (κ3) is 4.93. The Morgan fingerprint density at radius 3 is 2.09 bits per heavy atom. The van der Waals surface area contributed by atoms with Gasteiger partial charge in [0.25, 0.3) is 0 Å². The van der Waals surface area contributed by atoms with Crippen LogP contribution in [0.5, 0.6) is 0 Å². The Labute approximate surface area is 196 Å². The van der Waals surface area contributed by atoms with Crippen LogP contribution >= 0.6 is 0 Å². The Kier molecular flexibility index (Phi) is 7.93. The number of aliphatic imine (C=N–C) groups is 2. The van der Waals surface area contributed by atoms with Gasteiger partial charge >= 0.3 is 0 Å². The van der Waals surface area contributed by atoms with Crippen LogP contribution in [0, 0.1) is 0 Å². The molecular weight excluding hydrogens is 404 g/mol. The van der Waals surface area contributed by atoms with Gasteiger partial charge in [0.05, 0.1) is 0 Å². The van der Waals surface area contributed by atoms with Crippen molar-refractivity contribution >= 4 is 34.7 Å². The fourth-order valence-corrected chi connectivity index (χ4v) is 3.72. The van der Waals surface area contributed by atoms with Gasteiger partial charge in [-0.2, -0.15) is 0 Å². The quantitative estimate of drug-likeness (QED) is 0.230. The van der Waals surface area contributed by atoms with E-state index in [-0.39, 0.29) is 0 Å². The van der Waals surface area contributed by atoms with E-state index < -0.39 is 0 Å². The number of furan rings is 1. The highest BCUT2D eigenvalue weighted by molar-refractivity contribution is 6.17. The van der Waals surface area contributed by atoms with Gasteiger partial charge in [-0.05, 0) is 35.8 Å².